The number of halogens is 1. The molecule has 2 heterocycles. The molecule has 0 bridgehead atoms. The summed E-state index contributed by atoms with van der Waals surface area (Å²) in [5.41, 5.74) is 2.45. The zero-order valence-corrected chi connectivity index (χ0v) is 11.8. The first-order valence-electron chi connectivity index (χ1n) is 5.51. The van der Waals surface area contributed by atoms with Crippen LogP contribution in [0.5, 0.6) is 0 Å². The molecule has 17 heavy (non-hydrogen) atoms. The van der Waals surface area contributed by atoms with Gasteiger partial charge in [0.25, 0.3) is 0 Å². The number of aryl methyl sites for hydroxylation is 1. The topological polar surface area (TPSA) is 29.9 Å². The van der Waals surface area contributed by atoms with Crippen LogP contribution in [-0.2, 0) is 13.5 Å². The number of hydrogen-bond donors (Lipinski definition) is 1. The first-order chi connectivity index (χ1) is 8.11. The van der Waals surface area contributed by atoms with Gasteiger partial charge >= 0.3 is 0 Å². The van der Waals surface area contributed by atoms with E-state index in [4.69, 9.17) is 11.6 Å². The van der Waals surface area contributed by atoms with Crippen LogP contribution in [0.1, 0.15) is 22.2 Å². The second-order valence-electron chi connectivity index (χ2n) is 4.06. The lowest BCUT2D eigenvalue weighted by atomic mass is 10.0. The Bertz CT molecular complexity index is 504. The molecule has 0 saturated carbocycles. The van der Waals surface area contributed by atoms with Crippen molar-refractivity contribution in [1.29, 1.82) is 0 Å². The van der Waals surface area contributed by atoms with E-state index in [2.05, 4.69) is 23.4 Å². The summed E-state index contributed by atoms with van der Waals surface area (Å²) in [6.07, 6.45) is 2.88. The minimum absolute atomic E-state index is 0.290. The second-order valence-corrected chi connectivity index (χ2v) is 5.86. The number of thiophene rings is 1. The fraction of sp³-hybridized carbons (Fsp3) is 0.417. The second kappa shape index (κ2) is 5.21. The third-order valence-electron chi connectivity index (χ3n) is 3.03. The fourth-order valence-corrected chi connectivity index (χ4v) is 3.02. The van der Waals surface area contributed by atoms with Crippen LogP contribution in [-0.4, -0.2) is 16.8 Å². The summed E-state index contributed by atoms with van der Waals surface area (Å²) >= 11 is 7.59. The molecule has 1 unspecified atom stereocenters. The van der Waals surface area contributed by atoms with E-state index in [0.29, 0.717) is 6.04 Å². The van der Waals surface area contributed by atoms with Crippen LogP contribution in [0.3, 0.4) is 0 Å². The molecule has 2 rings (SSSR count). The Labute approximate surface area is 110 Å². The highest BCUT2D eigenvalue weighted by Gasteiger charge is 2.16. The molecule has 0 saturated heterocycles. The molecular formula is C12H16ClN3S. The minimum Gasteiger partial charge on any atom is -0.313 e. The zero-order valence-electron chi connectivity index (χ0n) is 10.2. The minimum atomic E-state index is 0.290. The molecule has 1 atom stereocenters. The molecule has 0 radical (unpaired) electrons. The van der Waals surface area contributed by atoms with E-state index in [0.717, 1.165) is 10.8 Å². The number of nitrogens with zero attached hydrogens (tertiary/aromatic N) is 2. The van der Waals surface area contributed by atoms with Crippen LogP contribution >= 0.6 is 22.9 Å². The van der Waals surface area contributed by atoms with E-state index in [1.54, 1.807) is 11.3 Å². The van der Waals surface area contributed by atoms with Gasteiger partial charge in [-0.15, -0.1) is 11.3 Å². The summed E-state index contributed by atoms with van der Waals surface area (Å²) in [6, 6.07) is 4.33. The molecule has 5 heteroatoms. The number of hydrogen-bond acceptors (Lipinski definition) is 3. The summed E-state index contributed by atoms with van der Waals surface area (Å²) in [4.78, 5) is 1.29. The lowest BCUT2D eigenvalue weighted by Gasteiger charge is -2.14. The maximum atomic E-state index is 5.95. The standard InChI is InChI=1S/C12H16ClN3S/c1-8-10(7-15-16(8)3)11(14-2)6-9-4-5-12(13)17-9/h4-5,7,11,14H,6H2,1-3H3. The normalized spacial score (nSPS) is 12.9. The van der Waals surface area contributed by atoms with Gasteiger partial charge in [0, 0.05) is 35.6 Å². The highest BCUT2D eigenvalue weighted by Crippen LogP contribution is 2.27. The van der Waals surface area contributed by atoms with Crippen molar-refractivity contribution in [2.45, 2.75) is 19.4 Å². The van der Waals surface area contributed by atoms with Crippen molar-refractivity contribution in [2.24, 2.45) is 7.05 Å². The van der Waals surface area contributed by atoms with Crippen molar-refractivity contribution >= 4 is 22.9 Å². The summed E-state index contributed by atoms with van der Waals surface area (Å²) < 4.78 is 2.75. The van der Waals surface area contributed by atoms with Gasteiger partial charge in [-0.3, -0.25) is 4.68 Å². The number of likely N-dealkylation sites (N-methyl/N-ethyl adjacent to an activating group) is 1. The molecule has 3 nitrogen and oxygen atoms in total. The Morgan fingerprint density at radius 3 is 2.76 bits per heavy atom. The predicted molar refractivity (Wildman–Crippen MR) is 72.8 cm³/mol. The largest absolute Gasteiger partial charge is 0.313 e. The van der Waals surface area contributed by atoms with Crippen molar-refractivity contribution in [3.8, 4) is 0 Å². The van der Waals surface area contributed by atoms with Gasteiger partial charge in [-0.25, -0.2) is 0 Å². The van der Waals surface area contributed by atoms with Crippen LogP contribution in [0.2, 0.25) is 4.34 Å². The molecule has 2 aromatic rings. The van der Waals surface area contributed by atoms with Gasteiger partial charge in [-0.2, -0.15) is 5.10 Å². The molecule has 0 aliphatic carbocycles. The molecule has 0 spiro atoms. The molecule has 0 fully saturated rings. The van der Waals surface area contributed by atoms with Gasteiger partial charge in [0.15, 0.2) is 0 Å². The zero-order chi connectivity index (χ0) is 12.4. The van der Waals surface area contributed by atoms with Gasteiger partial charge in [0.2, 0.25) is 0 Å². The highest BCUT2D eigenvalue weighted by atomic mass is 35.5. The van der Waals surface area contributed by atoms with Crippen LogP contribution < -0.4 is 5.32 Å². The first-order valence-corrected chi connectivity index (χ1v) is 6.71. The first kappa shape index (κ1) is 12.6. The van der Waals surface area contributed by atoms with E-state index in [-0.39, 0.29) is 0 Å². The van der Waals surface area contributed by atoms with Gasteiger partial charge in [0.05, 0.1) is 10.5 Å². The van der Waals surface area contributed by atoms with Crippen molar-refractivity contribution in [3.05, 3.63) is 38.8 Å². The van der Waals surface area contributed by atoms with Crippen LogP contribution in [0.15, 0.2) is 18.3 Å². The lowest BCUT2D eigenvalue weighted by Crippen LogP contribution is -2.19. The Morgan fingerprint density at radius 1 is 1.53 bits per heavy atom. The molecule has 2 aromatic heterocycles. The Kier molecular flexibility index (Phi) is 3.86. The molecule has 0 aliphatic heterocycles. The summed E-state index contributed by atoms with van der Waals surface area (Å²) in [5.74, 6) is 0. The summed E-state index contributed by atoms with van der Waals surface area (Å²) in [6.45, 7) is 2.09. The highest BCUT2D eigenvalue weighted by molar-refractivity contribution is 7.16. The van der Waals surface area contributed by atoms with Crippen molar-refractivity contribution in [3.63, 3.8) is 0 Å². The number of rotatable bonds is 4. The third-order valence-corrected chi connectivity index (χ3v) is 4.28. The van der Waals surface area contributed by atoms with E-state index < -0.39 is 0 Å². The van der Waals surface area contributed by atoms with E-state index in [1.807, 2.05) is 31.0 Å². The van der Waals surface area contributed by atoms with Gasteiger partial charge in [-0.1, -0.05) is 11.6 Å². The molecule has 0 aliphatic rings. The Balaban J connectivity index is 2.19. The Morgan fingerprint density at radius 2 is 2.29 bits per heavy atom. The van der Waals surface area contributed by atoms with Gasteiger partial charge in [-0.05, 0) is 26.1 Å². The molecule has 0 aromatic carbocycles. The SMILES string of the molecule is CNC(Cc1ccc(Cl)s1)c1cnn(C)c1C. The van der Waals surface area contributed by atoms with Crippen molar-refractivity contribution in [2.75, 3.05) is 7.05 Å². The van der Waals surface area contributed by atoms with Crippen LogP contribution in [0.25, 0.3) is 0 Å². The molecule has 92 valence electrons. The number of nitrogens with one attached hydrogen (secondary N) is 1. The predicted octanol–water partition coefficient (Wildman–Crippen LogP) is 2.95. The summed E-state index contributed by atoms with van der Waals surface area (Å²) in [7, 11) is 3.94. The van der Waals surface area contributed by atoms with Gasteiger partial charge in [0.1, 0.15) is 0 Å². The number of aromatic nitrogens is 2. The molecule has 1 N–H and O–H groups in total. The fourth-order valence-electron chi connectivity index (χ4n) is 1.89. The van der Waals surface area contributed by atoms with E-state index in [1.165, 1.54) is 16.1 Å². The monoisotopic (exact) mass is 269 g/mol. The average Bonchev–Trinajstić information content (AvgIpc) is 2.85. The summed E-state index contributed by atoms with van der Waals surface area (Å²) in [5, 5.41) is 7.63. The molecular weight excluding hydrogens is 254 g/mol. The lowest BCUT2D eigenvalue weighted by molar-refractivity contribution is 0.591. The van der Waals surface area contributed by atoms with Crippen molar-refractivity contribution in [1.82, 2.24) is 15.1 Å². The quantitative estimate of drug-likeness (QED) is 0.925. The third kappa shape index (κ3) is 2.70. The van der Waals surface area contributed by atoms with E-state index >= 15 is 0 Å². The van der Waals surface area contributed by atoms with Gasteiger partial charge < -0.3 is 5.32 Å². The smallest absolute Gasteiger partial charge is 0.0931 e. The van der Waals surface area contributed by atoms with Crippen LogP contribution in [0.4, 0.5) is 0 Å². The average molecular weight is 270 g/mol. The maximum Gasteiger partial charge on any atom is 0.0931 e. The molecule has 0 amide bonds. The van der Waals surface area contributed by atoms with E-state index in [9.17, 15) is 0 Å². The Hall–Kier alpha value is -0.840. The van der Waals surface area contributed by atoms with Crippen LogP contribution in [0, 0.1) is 6.92 Å². The van der Waals surface area contributed by atoms with Crippen molar-refractivity contribution < 1.29 is 0 Å². The maximum absolute atomic E-state index is 5.95.